The lowest BCUT2D eigenvalue weighted by Gasteiger charge is -2.13. The molecule has 0 saturated carbocycles. The van der Waals surface area contributed by atoms with Crippen molar-refractivity contribution in [1.29, 1.82) is 0 Å². The van der Waals surface area contributed by atoms with E-state index in [9.17, 15) is 4.79 Å². The summed E-state index contributed by atoms with van der Waals surface area (Å²) in [4.78, 5) is 10.8. The van der Waals surface area contributed by atoms with Crippen LogP contribution in [0.1, 0.15) is 17.8 Å². The van der Waals surface area contributed by atoms with Crippen molar-refractivity contribution in [3.05, 3.63) is 40.1 Å². The van der Waals surface area contributed by atoms with E-state index in [-0.39, 0.29) is 6.42 Å². The van der Waals surface area contributed by atoms with Crippen molar-refractivity contribution < 1.29 is 14.6 Å². The van der Waals surface area contributed by atoms with Crippen LogP contribution in [0.3, 0.4) is 0 Å². The number of methoxy groups -OCH3 is 1. The maximum Gasteiger partial charge on any atom is 0.306 e. The number of aromatic nitrogens is 4. The molecule has 0 amide bonds. The summed E-state index contributed by atoms with van der Waals surface area (Å²) < 4.78 is 7.74. The Bertz CT molecular complexity index is 600. The summed E-state index contributed by atoms with van der Waals surface area (Å²) in [5.41, 5.74) is 1.07. The van der Waals surface area contributed by atoms with E-state index in [1.54, 1.807) is 4.68 Å². The highest BCUT2D eigenvalue weighted by atomic mass is 79.9. The van der Waals surface area contributed by atoms with E-state index in [1.165, 1.54) is 7.11 Å². The summed E-state index contributed by atoms with van der Waals surface area (Å²) in [6, 6.07) is 7.86. The zero-order valence-electron chi connectivity index (χ0n) is 11.4. The number of benzene rings is 1. The minimum absolute atomic E-state index is 0.0892. The molecule has 0 saturated heterocycles. The number of carboxylic acid groups (broad SMARTS) is 1. The van der Waals surface area contributed by atoms with Gasteiger partial charge in [0.05, 0.1) is 19.1 Å². The number of hydrogen-bond acceptors (Lipinski definition) is 5. The van der Waals surface area contributed by atoms with Crippen molar-refractivity contribution in [2.24, 2.45) is 0 Å². The first kappa shape index (κ1) is 15.6. The fraction of sp³-hybridized carbons (Fsp3) is 0.385. The predicted molar refractivity (Wildman–Crippen MR) is 77.8 cm³/mol. The van der Waals surface area contributed by atoms with Crippen LogP contribution in [0.4, 0.5) is 0 Å². The van der Waals surface area contributed by atoms with Gasteiger partial charge in [-0.05, 0) is 28.1 Å². The van der Waals surface area contributed by atoms with Crippen LogP contribution in [0.15, 0.2) is 28.7 Å². The van der Waals surface area contributed by atoms with Crippen LogP contribution in [-0.2, 0) is 22.5 Å². The normalized spacial score (nSPS) is 12.3. The van der Waals surface area contributed by atoms with Crippen LogP contribution in [-0.4, -0.2) is 44.5 Å². The largest absolute Gasteiger partial charge is 0.481 e. The molecule has 0 aliphatic heterocycles. The van der Waals surface area contributed by atoms with Gasteiger partial charge < -0.3 is 9.84 Å². The lowest BCUT2D eigenvalue weighted by Crippen LogP contribution is -2.24. The molecule has 1 unspecified atom stereocenters. The van der Waals surface area contributed by atoms with Gasteiger partial charge in [-0.3, -0.25) is 4.79 Å². The molecule has 0 radical (unpaired) electrons. The molecular weight excluding hydrogens is 340 g/mol. The van der Waals surface area contributed by atoms with Crippen molar-refractivity contribution >= 4 is 21.9 Å². The molecule has 0 bridgehead atoms. The van der Waals surface area contributed by atoms with Crippen LogP contribution in [0, 0.1) is 0 Å². The van der Waals surface area contributed by atoms with Crippen LogP contribution >= 0.6 is 15.9 Å². The molecule has 2 aromatic rings. The van der Waals surface area contributed by atoms with E-state index in [0.29, 0.717) is 18.8 Å². The van der Waals surface area contributed by atoms with Crippen LogP contribution in [0.2, 0.25) is 0 Å². The number of ether oxygens (including phenoxy) is 1. The number of rotatable bonds is 7. The van der Waals surface area contributed by atoms with Gasteiger partial charge in [0, 0.05) is 18.0 Å². The second kappa shape index (κ2) is 7.28. The van der Waals surface area contributed by atoms with Crippen molar-refractivity contribution in [2.45, 2.75) is 25.5 Å². The highest BCUT2D eigenvalue weighted by Gasteiger charge is 2.16. The number of carbonyl (C=O) groups is 1. The minimum Gasteiger partial charge on any atom is -0.481 e. The smallest absolute Gasteiger partial charge is 0.306 e. The van der Waals surface area contributed by atoms with E-state index in [1.807, 2.05) is 24.3 Å². The van der Waals surface area contributed by atoms with E-state index >= 15 is 0 Å². The lowest BCUT2D eigenvalue weighted by atomic mass is 10.1. The molecule has 1 N–H and O–H groups in total. The zero-order valence-corrected chi connectivity index (χ0v) is 13.0. The Morgan fingerprint density at radius 2 is 2.14 bits per heavy atom. The third-order valence-corrected chi connectivity index (χ3v) is 3.52. The Labute approximate surface area is 130 Å². The van der Waals surface area contributed by atoms with E-state index in [2.05, 4.69) is 31.5 Å². The average molecular weight is 355 g/mol. The summed E-state index contributed by atoms with van der Waals surface area (Å²) in [5.74, 6) is -0.242. The summed E-state index contributed by atoms with van der Waals surface area (Å²) in [7, 11) is 1.48. The van der Waals surface area contributed by atoms with Crippen molar-refractivity contribution in [3.63, 3.8) is 0 Å². The van der Waals surface area contributed by atoms with Gasteiger partial charge in [-0.25, -0.2) is 4.68 Å². The van der Waals surface area contributed by atoms with Gasteiger partial charge in [-0.1, -0.05) is 28.1 Å². The zero-order chi connectivity index (χ0) is 15.2. The summed E-state index contributed by atoms with van der Waals surface area (Å²) in [6.07, 6.45) is 0.0207. The van der Waals surface area contributed by atoms with Crippen molar-refractivity contribution in [3.8, 4) is 0 Å². The molecule has 2 rings (SSSR count). The summed E-state index contributed by atoms with van der Waals surface area (Å²) >= 11 is 3.39. The molecule has 8 heteroatoms. The van der Waals surface area contributed by atoms with Gasteiger partial charge in [0.15, 0.2) is 5.82 Å². The SMILES string of the molecule is COC(CC(=O)O)Cn1nnnc1Cc1ccc(Br)cc1. The fourth-order valence-corrected chi connectivity index (χ4v) is 2.15. The monoisotopic (exact) mass is 354 g/mol. The molecule has 0 fully saturated rings. The third kappa shape index (κ3) is 4.61. The Hall–Kier alpha value is -1.80. The highest BCUT2D eigenvalue weighted by molar-refractivity contribution is 9.10. The first-order valence-electron chi connectivity index (χ1n) is 6.32. The predicted octanol–water partition coefficient (Wildman–Crippen LogP) is 1.52. The van der Waals surface area contributed by atoms with Gasteiger partial charge >= 0.3 is 5.97 Å². The van der Waals surface area contributed by atoms with Gasteiger partial charge in [-0.15, -0.1) is 5.10 Å². The molecule has 1 atom stereocenters. The van der Waals surface area contributed by atoms with E-state index < -0.39 is 12.1 Å². The minimum atomic E-state index is -0.913. The molecule has 0 aliphatic carbocycles. The Kier molecular flexibility index (Phi) is 5.40. The second-order valence-corrected chi connectivity index (χ2v) is 5.45. The van der Waals surface area contributed by atoms with Gasteiger partial charge in [0.2, 0.25) is 0 Å². The van der Waals surface area contributed by atoms with Crippen molar-refractivity contribution in [1.82, 2.24) is 20.2 Å². The first-order valence-corrected chi connectivity index (χ1v) is 7.12. The Morgan fingerprint density at radius 3 is 2.76 bits per heavy atom. The number of carboxylic acids is 1. The van der Waals surface area contributed by atoms with Crippen molar-refractivity contribution in [2.75, 3.05) is 7.11 Å². The quantitative estimate of drug-likeness (QED) is 0.810. The van der Waals surface area contributed by atoms with Crippen LogP contribution < -0.4 is 0 Å². The molecular formula is C13H15BrN4O3. The lowest BCUT2D eigenvalue weighted by molar-refractivity contribution is -0.140. The first-order chi connectivity index (χ1) is 10.1. The molecule has 0 aliphatic rings. The average Bonchev–Trinajstić information content (AvgIpc) is 2.87. The second-order valence-electron chi connectivity index (χ2n) is 4.54. The third-order valence-electron chi connectivity index (χ3n) is 2.99. The van der Waals surface area contributed by atoms with Crippen LogP contribution in [0.25, 0.3) is 0 Å². The number of tetrazole rings is 1. The number of aliphatic carboxylic acids is 1. The standard InChI is InChI=1S/C13H15BrN4O3/c1-21-11(7-13(19)20)8-18-12(15-16-17-18)6-9-2-4-10(14)5-3-9/h2-5,11H,6-8H2,1H3,(H,19,20). The molecule has 7 nitrogen and oxygen atoms in total. The molecule has 1 aromatic carbocycles. The Morgan fingerprint density at radius 1 is 1.43 bits per heavy atom. The van der Waals surface area contributed by atoms with E-state index in [0.717, 1.165) is 10.0 Å². The fourth-order valence-electron chi connectivity index (χ4n) is 1.89. The molecule has 112 valence electrons. The Balaban J connectivity index is 2.07. The van der Waals surface area contributed by atoms with Gasteiger partial charge in [0.1, 0.15) is 0 Å². The van der Waals surface area contributed by atoms with Gasteiger partial charge in [0.25, 0.3) is 0 Å². The van der Waals surface area contributed by atoms with E-state index in [4.69, 9.17) is 9.84 Å². The van der Waals surface area contributed by atoms with Crippen LogP contribution in [0.5, 0.6) is 0 Å². The highest BCUT2D eigenvalue weighted by Crippen LogP contribution is 2.13. The summed E-state index contributed by atoms with van der Waals surface area (Å²) in [5, 5.41) is 20.4. The maximum atomic E-state index is 10.8. The van der Waals surface area contributed by atoms with Gasteiger partial charge in [-0.2, -0.15) is 0 Å². The summed E-state index contributed by atoms with van der Waals surface area (Å²) in [6.45, 7) is 0.307. The maximum absolute atomic E-state index is 10.8. The molecule has 21 heavy (non-hydrogen) atoms. The molecule has 1 aromatic heterocycles. The number of nitrogens with zero attached hydrogens (tertiary/aromatic N) is 4. The molecule has 1 heterocycles. The molecule has 0 spiro atoms. The topological polar surface area (TPSA) is 90.1 Å². The number of hydrogen-bond donors (Lipinski definition) is 1. The number of halogens is 1.